The largest absolute Gasteiger partial charge is 0.462 e. The van der Waals surface area contributed by atoms with Crippen molar-refractivity contribution in [2.45, 2.75) is 129 Å². The Hall–Kier alpha value is -5.78. The van der Waals surface area contributed by atoms with E-state index in [1.807, 2.05) is 24.3 Å². The third-order valence-corrected chi connectivity index (χ3v) is 13.8. The van der Waals surface area contributed by atoms with Gasteiger partial charge < -0.3 is 30.4 Å². The van der Waals surface area contributed by atoms with Crippen molar-refractivity contribution >= 4 is 35.5 Å². The Morgan fingerprint density at radius 1 is 0.536 bits per heavy atom. The van der Waals surface area contributed by atoms with Gasteiger partial charge in [0.05, 0.1) is 11.8 Å². The van der Waals surface area contributed by atoms with Crippen molar-refractivity contribution in [3.8, 4) is 11.5 Å². The molecule has 12 heteroatoms. The van der Waals surface area contributed by atoms with Gasteiger partial charge in [0.2, 0.25) is 0 Å². The molecular formula is C57H70F4N2O6. The zero-order valence-electron chi connectivity index (χ0n) is 40.2. The lowest BCUT2D eigenvalue weighted by molar-refractivity contribution is -0.224. The average Bonchev–Trinajstić information content (AvgIpc) is 3.35. The van der Waals surface area contributed by atoms with Crippen molar-refractivity contribution in [2.75, 3.05) is 24.7 Å². The van der Waals surface area contributed by atoms with Gasteiger partial charge in [-0.3, -0.25) is 0 Å². The molecule has 4 aromatic carbocycles. The fourth-order valence-corrected chi connectivity index (χ4v) is 9.65. The minimum atomic E-state index is -3.29. The molecule has 4 N–H and O–H groups in total. The fraction of sp³-hybridized carbons (Fsp3) is 0.474. The predicted molar refractivity (Wildman–Crippen MR) is 266 cm³/mol. The van der Waals surface area contributed by atoms with E-state index >= 15 is 17.6 Å². The molecule has 6 rings (SSSR count). The van der Waals surface area contributed by atoms with Gasteiger partial charge in [-0.25, -0.2) is 9.59 Å². The summed E-state index contributed by atoms with van der Waals surface area (Å²) in [4.78, 5) is 26.7. The van der Waals surface area contributed by atoms with Crippen LogP contribution in [0.25, 0.3) is 12.2 Å². The third-order valence-electron chi connectivity index (χ3n) is 13.8. The van der Waals surface area contributed by atoms with Crippen molar-refractivity contribution in [1.82, 2.24) is 0 Å². The maximum absolute atomic E-state index is 15.2. The first-order chi connectivity index (χ1) is 33.1. The number of halogens is 4. The van der Waals surface area contributed by atoms with Gasteiger partial charge in [0.15, 0.2) is 0 Å². The Balaban J connectivity index is 1.08. The second kappa shape index (κ2) is 25.2. The SMILES string of the molecule is CCCCC1CCC(C(F)(F)Oc2ccc(/C=C/C(=O)OCC(COC(=O)/C=C/c3ccc(OC(F)(F)C4CCC(CCCC)CC4)cc3)(Cc3ccc(N)cc3)Cc3ccc(N)cc3)cc2)CC1. The monoisotopic (exact) mass is 955 g/mol. The first-order valence-corrected chi connectivity index (χ1v) is 24.8. The molecule has 0 bridgehead atoms. The number of hydrogen-bond acceptors (Lipinski definition) is 8. The van der Waals surface area contributed by atoms with Crippen molar-refractivity contribution in [3.63, 3.8) is 0 Å². The van der Waals surface area contributed by atoms with E-state index in [1.54, 1.807) is 48.5 Å². The standard InChI is InChI=1S/C57H70F4N2O6/c1-3-5-7-41-9-23-47(24-10-41)56(58,59)68-51-31-17-43(18-32-51)21-35-53(64)66-39-55(37-45-13-27-49(62)28-14-45,38-46-15-29-50(63)30-16-46)40-67-54(65)36-22-44-19-33-52(34-20-44)69-57(60,61)48-25-11-42(12-26-48)8-6-4-2/h13-22,27-36,41-42,47-48H,3-12,23-26,37-40,62-63H2,1-2H3/b35-21+,36-22+. The summed E-state index contributed by atoms with van der Waals surface area (Å²) in [5.41, 5.74) is 15.0. The van der Waals surface area contributed by atoms with Crippen LogP contribution in [0.15, 0.2) is 109 Å². The normalized spacial score (nSPS) is 19.1. The van der Waals surface area contributed by atoms with Gasteiger partial charge in [-0.05, 0) is 159 Å². The summed E-state index contributed by atoms with van der Waals surface area (Å²) in [5.74, 6) is -1.89. The summed E-state index contributed by atoms with van der Waals surface area (Å²) < 4.78 is 83.0. The van der Waals surface area contributed by atoms with Crippen LogP contribution >= 0.6 is 0 Å². The summed E-state index contributed by atoms with van der Waals surface area (Å²) >= 11 is 0. The molecule has 0 saturated heterocycles. The summed E-state index contributed by atoms with van der Waals surface area (Å²) in [7, 11) is 0. The van der Waals surface area contributed by atoms with E-state index in [4.69, 9.17) is 30.4 Å². The zero-order chi connectivity index (χ0) is 49.3. The van der Waals surface area contributed by atoms with Crippen LogP contribution in [0.4, 0.5) is 28.9 Å². The molecule has 0 atom stereocenters. The topological polar surface area (TPSA) is 123 Å². The number of nitrogens with two attached hydrogens (primary N) is 2. The van der Waals surface area contributed by atoms with Crippen LogP contribution in [-0.2, 0) is 31.9 Å². The smallest absolute Gasteiger partial charge is 0.400 e. The third kappa shape index (κ3) is 16.7. The van der Waals surface area contributed by atoms with E-state index in [0.29, 0.717) is 72.9 Å². The number of benzene rings is 4. The van der Waals surface area contributed by atoms with E-state index in [0.717, 1.165) is 75.3 Å². The molecule has 0 amide bonds. The molecule has 0 radical (unpaired) electrons. The molecule has 4 aromatic rings. The molecule has 0 spiro atoms. The molecule has 0 aromatic heterocycles. The lowest BCUT2D eigenvalue weighted by atomic mass is 9.77. The molecule has 0 heterocycles. The minimum Gasteiger partial charge on any atom is -0.462 e. The molecule has 69 heavy (non-hydrogen) atoms. The van der Waals surface area contributed by atoms with Crippen molar-refractivity contribution in [3.05, 3.63) is 131 Å². The number of carbonyl (C=O) groups is 2. The molecule has 2 aliphatic rings. The fourth-order valence-electron chi connectivity index (χ4n) is 9.65. The van der Waals surface area contributed by atoms with Crippen LogP contribution in [-0.4, -0.2) is 37.4 Å². The second-order valence-electron chi connectivity index (χ2n) is 19.4. The van der Waals surface area contributed by atoms with Gasteiger partial charge in [0.1, 0.15) is 24.7 Å². The Labute approximate surface area is 405 Å². The Kier molecular flexibility index (Phi) is 19.2. The van der Waals surface area contributed by atoms with E-state index < -0.39 is 41.4 Å². The maximum atomic E-state index is 15.2. The molecule has 372 valence electrons. The summed E-state index contributed by atoms with van der Waals surface area (Å²) in [5, 5.41) is 0. The van der Waals surface area contributed by atoms with Crippen LogP contribution < -0.4 is 20.9 Å². The van der Waals surface area contributed by atoms with Gasteiger partial charge in [0, 0.05) is 28.9 Å². The van der Waals surface area contributed by atoms with Crippen LogP contribution in [0, 0.1) is 29.1 Å². The number of rotatable bonds is 24. The molecule has 2 fully saturated rings. The van der Waals surface area contributed by atoms with Crippen LogP contribution in [0.2, 0.25) is 0 Å². The number of alkyl halides is 4. The molecule has 0 aliphatic heterocycles. The van der Waals surface area contributed by atoms with Crippen molar-refractivity contribution < 1.29 is 46.1 Å². The van der Waals surface area contributed by atoms with Gasteiger partial charge in [0.25, 0.3) is 0 Å². The Bertz CT molecular complexity index is 2090. The number of anilines is 2. The highest BCUT2D eigenvalue weighted by atomic mass is 19.3. The highest BCUT2D eigenvalue weighted by molar-refractivity contribution is 5.87. The molecule has 2 saturated carbocycles. The quantitative estimate of drug-likeness (QED) is 0.0308. The highest BCUT2D eigenvalue weighted by Crippen LogP contribution is 2.43. The molecule has 0 unspecified atom stereocenters. The first kappa shape index (κ1) is 52.6. The Morgan fingerprint density at radius 2 is 0.884 bits per heavy atom. The maximum Gasteiger partial charge on any atom is 0.400 e. The van der Waals surface area contributed by atoms with E-state index in [1.165, 1.54) is 48.6 Å². The molecular weight excluding hydrogens is 885 g/mol. The van der Waals surface area contributed by atoms with Crippen LogP contribution in [0.3, 0.4) is 0 Å². The summed E-state index contributed by atoms with van der Waals surface area (Å²) in [6, 6.07) is 26.7. The Morgan fingerprint density at radius 3 is 1.22 bits per heavy atom. The number of ether oxygens (including phenoxy) is 4. The minimum absolute atomic E-state index is 0.0443. The van der Waals surface area contributed by atoms with Crippen molar-refractivity contribution in [2.24, 2.45) is 29.1 Å². The van der Waals surface area contributed by atoms with E-state index in [-0.39, 0.29) is 24.7 Å². The number of nitrogen functional groups attached to an aromatic ring is 2. The van der Waals surface area contributed by atoms with Crippen molar-refractivity contribution in [1.29, 1.82) is 0 Å². The molecule has 2 aliphatic carbocycles. The van der Waals surface area contributed by atoms with E-state index in [2.05, 4.69) is 13.8 Å². The van der Waals surface area contributed by atoms with Gasteiger partial charge in [-0.2, -0.15) is 17.6 Å². The lowest BCUT2D eigenvalue weighted by Gasteiger charge is -2.33. The summed E-state index contributed by atoms with van der Waals surface area (Å²) in [6.45, 7) is 3.97. The average molecular weight is 955 g/mol. The van der Waals surface area contributed by atoms with E-state index in [9.17, 15) is 9.59 Å². The van der Waals surface area contributed by atoms with Gasteiger partial charge >= 0.3 is 24.2 Å². The first-order valence-electron chi connectivity index (χ1n) is 24.8. The van der Waals surface area contributed by atoms with Crippen LogP contribution in [0.1, 0.15) is 126 Å². The van der Waals surface area contributed by atoms with Crippen LogP contribution in [0.5, 0.6) is 11.5 Å². The highest BCUT2D eigenvalue weighted by Gasteiger charge is 2.45. The second-order valence-corrected chi connectivity index (χ2v) is 19.4. The van der Waals surface area contributed by atoms with Gasteiger partial charge in [-0.1, -0.05) is 101 Å². The number of unbranched alkanes of at least 4 members (excludes halogenated alkanes) is 2. The van der Waals surface area contributed by atoms with Gasteiger partial charge in [-0.15, -0.1) is 0 Å². The molecule has 8 nitrogen and oxygen atoms in total. The summed E-state index contributed by atoms with van der Waals surface area (Å²) in [6.07, 6.45) is 11.2. The number of hydrogen-bond donors (Lipinski definition) is 2. The number of esters is 2. The lowest BCUT2D eigenvalue weighted by Crippen LogP contribution is -2.38. The number of carbonyl (C=O) groups excluding carboxylic acids is 2. The zero-order valence-corrected chi connectivity index (χ0v) is 40.2. The predicted octanol–water partition coefficient (Wildman–Crippen LogP) is 14.1.